The summed E-state index contributed by atoms with van der Waals surface area (Å²) in [7, 11) is -0.646. The smallest absolute Gasteiger partial charge is 0.400 e. The Morgan fingerprint density at radius 3 is 2.33 bits per heavy atom. The molecule has 0 amide bonds. The number of aliphatic hydroxyl groups is 1. The summed E-state index contributed by atoms with van der Waals surface area (Å²) in [5.41, 5.74) is 0.133. The van der Waals surface area contributed by atoms with Crippen molar-refractivity contribution in [1.82, 2.24) is 4.98 Å². The number of halogens is 2. The third kappa shape index (κ3) is 3.27. The fraction of sp³-hybridized carbons (Fsp3) is 0.500. The van der Waals surface area contributed by atoms with Gasteiger partial charge in [0.1, 0.15) is 5.15 Å². The summed E-state index contributed by atoms with van der Waals surface area (Å²) in [4.78, 5) is 3.98. The molecule has 114 valence electrons. The molecule has 4 nitrogen and oxygen atoms in total. The van der Waals surface area contributed by atoms with Gasteiger partial charge in [0.2, 0.25) is 0 Å². The Labute approximate surface area is 135 Å². The normalized spacial score (nSPS) is 20.9. The first kappa shape index (κ1) is 16.8. The van der Waals surface area contributed by atoms with Crippen LogP contribution in [-0.2, 0) is 9.31 Å². The molecular formula is C14H18BCl2NO3. The second-order valence-electron chi connectivity index (χ2n) is 5.96. The Morgan fingerprint density at radius 1 is 1.29 bits per heavy atom. The van der Waals surface area contributed by atoms with Crippen LogP contribution in [0.25, 0.3) is 6.08 Å². The molecule has 1 aromatic rings. The van der Waals surface area contributed by atoms with Crippen molar-refractivity contribution in [1.29, 1.82) is 0 Å². The Bertz CT molecular complexity index is 539. The molecule has 1 aliphatic rings. The summed E-state index contributed by atoms with van der Waals surface area (Å²) in [5, 5.41) is 10.4. The Kier molecular flexibility index (Phi) is 4.71. The number of aromatic nitrogens is 1. The van der Waals surface area contributed by atoms with E-state index in [2.05, 4.69) is 4.98 Å². The standard InChI is InChI=1S/C14H18BCl2NO3/c1-13(2)14(3,4)21-15(20-13)9(8-19)7-10-11(16)5-6-18-12(10)17/h5-7,19H,8H2,1-4H3. The van der Waals surface area contributed by atoms with Crippen molar-refractivity contribution in [2.75, 3.05) is 6.61 Å². The monoisotopic (exact) mass is 329 g/mol. The molecule has 1 aliphatic heterocycles. The quantitative estimate of drug-likeness (QED) is 0.682. The molecule has 0 aliphatic carbocycles. The minimum Gasteiger partial charge on any atom is -0.400 e. The van der Waals surface area contributed by atoms with Crippen LogP contribution in [0.4, 0.5) is 0 Å². The molecule has 0 bridgehead atoms. The minimum atomic E-state index is -0.646. The fourth-order valence-corrected chi connectivity index (χ4v) is 2.38. The van der Waals surface area contributed by atoms with E-state index >= 15 is 0 Å². The molecule has 0 spiro atoms. The number of hydrogen-bond donors (Lipinski definition) is 1. The van der Waals surface area contributed by atoms with Crippen LogP contribution in [-0.4, -0.2) is 35.0 Å². The van der Waals surface area contributed by atoms with Gasteiger partial charge in [-0.15, -0.1) is 0 Å². The first-order chi connectivity index (χ1) is 9.68. The first-order valence-corrected chi connectivity index (χ1v) is 7.40. The number of aliphatic hydroxyl groups excluding tert-OH is 1. The zero-order valence-corrected chi connectivity index (χ0v) is 14.0. The zero-order chi connectivity index (χ0) is 15.8. The molecule has 1 fully saturated rings. The molecule has 0 unspecified atom stereocenters. The number of pyridine rings is 1. The van der Waals surface area contributed by atoms with Crippen LogP contribution >= 0.6 is 23.2 Å². The van der Waals surface area contributed by atoms with Crippen molar-refractivity contribution in [2.45, 2.75) is 38.9 Å². The average molecular weight is 330 g/mol. The average Bonchev–Trinajstić information content (AvgIpc) is 2.58. The van der Waals surface area contributed by atoms with Crippen LogP contribution in [0.15, 0.2) is 17.7 Å². The van der Waals surface area contributed by atoms with Crippen molar-refractivity contribution in [3.63, 3.8) is 0 Å². The molecule has 0 atom stereocenters. The highest BCUT2D eigenvalue weighted by molar-refractivity contribution is 6.56. The highest BCUT2D eigenvalue weighted by atomic mass is 35.5. The van der Waals surface area contributed by atoms with E-state index < -0.39 is 18.3 Å². The van der Waals surface area contributed by atoms with Crippen molar-refractivity contribution in [2.24, 2.45) is 0 Å². The van der Waals surface area contributed by atoms with Gasteiger partial charge in [-0.3, -0.25) is 0 Å². The van der Waals surface area contributed by atoms with Gasteiger partial charge in [-0.25, -0.2) is 4.98 Å². The van der Waals surface area contributed by atoms with Gasteiger partial charge in [0.05, 0.1) is 22.8 Å². The molecular weight excluding hydrogens is 312 g/mol. The molecule has 0 aromatic carbocycles. The highest BCUT2D eigenvalue weighted by Gasteiger charge is 2.52. The van der Waals surface area contributed by atoms with Gasteiger partial charge in [-0.1, -0.05) is 29.3 Å². The lowest BCUT2D eigenvalue weighted by atomic mass is 9.77. The van der Waals surface area contributed by atoms with Gasteiger partial charge in [0.15, 0.2) is 0 Å². The number of hydrogen-bond acceptors (Lipinski definition) is 4. The second kappa shape index (κ2) is 5.90. The van der Waals surface area contributed by atoms with Crippen LogP contribution < -0.4 is 0 Å². The largest absolute Gasteiger partial charge is 0.492 e. The molecule has 1 aromatic heterocycles. The lowest BCUT2D eigenvalue weighted by Gasteiger charge is -2.32. The molecule has 0 saturated carbocycles. The maximum absolute atomic E-state index is 9.64. The van der Waals surface area contributed by atoms with Gasteiger partial charge in [-0.05, 0) is 39.2 Å². The van der Waals surface area contributed by atoms with E-state index in [9.17, 15) is 5.11 Å². The van der Waals surface area contributed by atoms with E-state index in [1.54, 1.807) is 12.1 Å². The van der Waals surface area contributed by atoms with Crippen LogP contribution in [0.5, 0.6) is 0 Å². The maximum Gasteiger partial charge on any atom is 0.492 e. The Hall–Kier alpha value is -0.585. The van der Waals surface area contributed by atoms with Crippen LogP contribution in [0.2, 0.25) is 10.2 Å². The summed E-state index contributed by atoms with van der Waals surface area (Å²) in [6.07, 6.45) is 3.19. The highest BCUT2D eigenvalue weighted by Crippen LogP contribution is 2.39. The predicted octanol–water partition coefficient (Wildman–Crippen LogP) is 3.40. The van der Waals surface area contributed by atoms with Crippen LogP contribution in [0.3, 0.4) is 0 Å². The van der Waals surface area contributed by atoms with Crippen molar-refractivity contribution < 1.29 is 14.4 Å². The van der Waals surface area contributed by atoms with E-state index in [0.717, 1.165) is 0 Å². The lowest BCUT2D eigenvalue weighted by Crippen LogP contribution is -2.41. The molecule has 0 radical (unpaired) electrons. The first-order valence-electron chi connectivity index (χ1n) is 6.65. The van der Waals surface area contributed by atoms with Crippen molar-refractivity contribution in [3.8, 4) is 0 Å². The maximum atomic E-state index is 9.64. The lowest BCUT2D eigenvalue weighted by molar-refractivity contribution is 0.00578. The van der Waals surface area contributed by atoms with Gasteiger partial charge in [0.25, 0.3) is 0 Å². The molecule has 2 rings (SSSR count). The molecule has 21 heavy (non-hydrogen) atoms. The van der Waals surface area contributed by atoms with E-state index in [1.807, 2.05) is 27.7 Å². The molecule has 7 heteroatoms. The Morgan fingerprint density at radius 2 is 1.86 bits per heavy atom. The van der Waals surface area contributed by atoms with Gasteiger partial charge in [0, 0.05) is 11.8 Å². The molecule has 1 N–H and O–H groups in total. The van der Waals surface area contributed by atoms with Crippen LogP contribution in [0, 0.1) is 0 Å². The topological polar surface area (TPSA) is 51.6 Å². The Balaban J connectivity index is 2.36. The van der Waals surface area contributed by atoms with E-state index in [-0.39, 0.29) is 11.8 Å². The van der Waals surface area contributed by atoms with E-state index in [0.29, 0.717) is 16.1 Å². The number of rotatable bonds is 3. The van der Waals surface area contributed by atoms with Gasteiger partial charge < -0.3 is 14.4 Å². The van der Waals surface area contributed by atoms with Crippen molar-refractivity contribution in [3.05, 3.63) is 33.5 Å². The third-order valence-corrected chi connectivity index (χ3v) is 4.59. The molecule has 1 saturated heterocycles. The summed E-state index contributed by atoms with van der Waals surface area (Å²) in [6, 6.07) is 1.64. The fourth-order valence-electron chi connectivity index (χ4n) is 1.92. The summed E-state index contributed by atoms with van der Waals surface area (Å²) in [5.74, 6) is 0. The third-order valence-electron chi connectivity index (χ3n) is 3.96. The SMILES string of the molecule is CC1(C)OB(C(=Cc2c(Cl)ccnc2Cl)CO)OC1(C)C. The zero-order valence-electron chi connectivity index (χ0n) is 12.5. The van der Waals surface area contributed by atoms with E-state index in [1.165, 1.54) is 6.20 Å². The van der Waals surface area contributed by atoms with Crippen molar-refractivity contribution >= 4 is 36.4 Å². The van der Waals surface area contributed by atoms with Crippen LogP contribution in [0.1, 0.15) is 33.3 Å². The summed E-state index contributed by atoms with van der Waals surface area (Å²) in [6.45, 7) is 7.58. The minimum absolute atomic E-state index is 0.224. The van der Waals surface area contributed by atoms with Gasteiger partial charge >= 0.3 is 7.12 Å². The van der Waals surface area contributed by atoms with E-state index in [4.69, 9.17) is 32.5 Å². The predicted molar refractivity (Wildman–Crippen MR) is 85.4 cm³/mol. The van der Waals surface area contributed by atoms with Gasteiger partial charge in [-0.2, -0.15) is 0 Å². The number of nitrogens with zero attached hydrogens (tertiary/aromatic N) is 1. The second-order valence-corrected chi connectivity index (χ2v) is 6.73. The molecule has 2 heterocycles. The summed E-state index contributed by atoms with van der Waals surface area (Å²) >= 11 is 12.2. The summed E-state index contributed by atoms with van der Waals surface area (Å²) < 4.78 is 11.8.